The van der Waals surface area contributed by atoms with Crippen molar-refractivity contribution < 1.29 is 14.7 Å². The van der Waals surface area contributed by atoms with Crippen molar-refractivity contribution in [3.05, 3.63) is 18.5 Å². The van der Waals surface area contributed by atoms with Crippen LogP contribution in [-0.4, -0.2) is 46.1 Å². The van der Waals surface area contributed by atoms with Gasteiger partial charge in [-0.25, -0.2) is 9.97 Å². The molecule has 1 fully saturated rings. The van der Waals surface area contributed by atoms with Crippen LogP contribution in [0.4, 0.5) is 5.95 Å². The molecule has 0 radical (unpaired) electrons. The molecule has 0 aromatic carbocycles. The Bertz CT molecular complexity index is 472. The Kier molecular flexibility index (Phi) is 5.48. The van der Waals surface area contributed by atoms with Gasteiger partial charge in [-0.15, -0.1) is 0 Å². The Labute approximate surface area is 123 Å². The van der Waals surface area contributed by atoms with Crippen LogP contribution in [-0.2, 0) is 9.59 Å². The van der Waals surface area contributed by atoms with E-state index in [1.165, 1.54) is 0 Å². The summed E-state index contributed by atoms with van der Waals surface area (Å²) in [4.78, 5) is 32.6. The average Bonchev–Trinajstić information content (AvgIpc) is 2.48. The molecule has 2 rings (SSSR count). The molecule has 7 heteroatoms. The van der Waals surface area contributed by atoms with Gasteiger partial charge in [0.2, 0.25) is 11.9 Å². The summed E-state index contributed by atoms with van der Waals surface area (Å²) in [7, 11) is 0. The predicted octanol–water partition coefficient (Wildman–Crippen LogP) is 0.816. The second-order valence-electron chi connectivity index (χ2n) is 5.12. The van der Waals surface area contributed by atoms with Gasteiger partial charge in [0.1, 0.15) is 0 Å². The van der Waals surface area contributed by atoms with Gasteiger partial charge in [0, 0.05) is 44.4 Å². The highest BCUT2D eigenvalue weighted by Gasteiger charge is 2.21. The first-order valence-electron chi connectivity index (χ1n) is 7.18. The highest BCUT2D eigenvalue weighted by Crippen LogP contribution is 2.15. The topological polar surface area (TPSA) is 95.4 Å². The van der Waals surface area contributed by atoms with Gasteiger partial charge in [0.05, 0.1) is 0 Å². The van der Waals surface area contributed by atoms with Crippen molar-refractivity contribution in [1.29, 1.82) is 0 Å². The zero-order chi connectivity index (χ0) is 15.1. The fraction of sp³-hybridized carbons (Fsp3) is 0.571. The van der Waals surface area contributed by atoms with Crippen LogP contribution in [0.2, 0.25) is 0 Å². The normalized spacial score (nSPS) is 15.7. The summed E-state index contributed by atoms with van der Waals surface area (Å²) in [5.74, 6) is -0.201. The van der Waals surface area contributed by atoms with Gasteiger partial charge in [0.25, 0.3) is 0 Å². The summed E-state index contributed by atoms with van der Waals surface area (Å²) >= 11 is 0. The lowest BCUT2D eigenvalue weighted by Gasteiger charge is -2.32. The minimum Gasteiger partial charge on any atom is -0.481 e. The Morgan fingerprint density at radius 3 is 2.52 bits per heavy atom. The van der Waals surface area contributed by atoms with Crippen molar-refractivity contribution in [1.82, 2.24) is 15.3 Å². The fourth-order valence-corrected chi connectivity index (χ4v) is 2.38. The van der Waals surface area contributed by atoms with Crippen molar-refractivity contribution in [2.45, 2.75) is 38.1 Å². The van der Waals surface area contributed by atoms with Crippen LogP contribution in [0.3, 0.4) is 0 Å². The van der Waals surface area contributed by atoms with Crippen molar-refractivity contribution in [2.24, 2.45) is 0 Å². The molecule has 0 spiro atoms. The highest BCUT2D eigenvalue weighted by molar-refractivity contribution is 5.77. The van der Waals surface area contributed by atoms with E-state index < -0.39 is 5.97 Å². The van der Waals surface area contributed by atoms with Crippen LogP contribution < -0.4 is 10.2 Å². The Hall–Kier alpha value is -2.18. The standard InChI is InChI=1S/C14H20N4O3/c19-12(3-1-4-13(20)21)17-11-5-9-18(10-6-11)14-15-7-2-8-16-14/h2,7-8,11H,1,3-6,9-10H2,(H,17,19)(H,20,21). The number of carbonyl (C=O) groups is 2. The van der Waals surface area contributed by atoms with Crippen LogP contribution in [0, 0.1) is 0 Å². The number of aromatic nitrogens is 2. The van der Waals surface area contributed by atoms with E-state index in [9.17, 15) is 9.59 Å². The van der Waals surface area contributed by atoms with Crippen LogP contribution in [0.1, 0.15) is 32.1 Å². The van der Waals surface area contributed by atoms with Crippen molar-refractivity contribution in [3.8, 4) is 0 Å². The van der Waals surface area contributed by atoms with Crippen LogP contribution in [0.25, 0.3) is 0 Å². The van der Waals surface area contributed by atoms with E-state index in [2.05, 4.69) is 20.2 Å². The fourth-order valence-electron chi connectivity index (χ4n) is 2.38. The van der Waals surface area contributed by atoms with E-state index in [0.717, 1.165) is 31.9 Å². The number of nitrogens with zero attached hydrogens (tertiary/aromatic N) is 3. The molecule has 0 aliphatic carbocycles. The molecule has 0 unspecified atom stereocenters. The highest BCUT2D eigenvalue weighted by atomic mass is 16.4. The van der Waals surface area contributed by atoms with Gasteiger partial charge in [0.15, 0.2) is 0 Å². The van der Waals surface area contributed by atoms with Crippen molar-refractivity contribution in [2.75, 3.05) is 18.0 Å². The number of piperidine rings is 1. The maximum atomic E-state index is 11.7. The second-order valence-corrected chi connectivity index (χ2v) is 5.12. The number of hydrogen-bond acceptors (Lipinski definition) is 5. The molecule has 1 aliphatic rings. The first kappa shape index (κ1) is 15.2. The number of anilines is 1. The Morgan fingerprint density at radius 1 is 1.24 bits per heavy atom. The molecule has 21 heavy (non-hydrogen) atoms. The number of carbonyl (C=O) groups excluding carboxylic acids is 1. The Morgan fingerprint density at radius 2 is 1.90 bits per heavy atom. The molecule has 7 nitrogen and oxygen atoms in total. The van der Waals surface area contributed by atoms with E-state index in [0.29, 0.717) is 6.42 Å². The van der Waals surface area contributed by atoms with E-state index in [1.807, 2.05) is 0 Å². The maximum Gasteiger partial charge on any atom is 0.303 e. The smallest absolute Gasteiger partial charge is 0.303 e. The molecule has 2 heterocycles. The largest absolute Gasteiger partial charge is 0.481 e. The average molecular weight is 292 g/mol. The molecule has 1 saturated heterocycles. The van der Waals surface area contributed by atoms with E-state index in [1.54, 1.807) is 18.5 Å². The number of hydrogen-bond donors (Lipinski definition) is 2. The lowest BCUT2D eigenvalue weighted by molar-refractivity contribution is -0.137. The van der Waals surface area contributed by atoms with E-state index in [4.69, 9.17) is 5.11 Å². The van der Waals surface area contributed by atoms with E-state index >= 15 is 0 Å². The summed E-state index contributed by atoms with van der Waals surface area (Å²) in [6.45, 7) is 1.62. The van der Waals surface area contributed by atoms with Gasteiger partial charge < -0.3 is 15.3 Å². The third kappa shape index (κ3) is 5.02. The lowest BCUT2D eigenvalue weighted by atomic mass is 10.0. The van der Waals surface area contributed by atoms with Crippen molar-refractivity contribution in [3.63, 3.8) is 0 Å². The monoisotopic (exact) mass is 292 g/mol. The Balaban J connectivity index is 1.69. The van der Waals surface area contributed by atoms with Gasteiger partial charge in [-0.1, -0.05) is 0 Å². The van der Waals surface area contributed by atoms with Gasteiger partial charge >= 0.3 is 5.97 Å². The molecule has 0 atom stereocenters. The quantitative estimate of drug-likeness (QED) is 0.806. The lowest BCUT2D eigenvalue weighted by Crippen LogP contribution is -2.45. The van der Waals surface area contributed by atoms with Gasteiger partial charge in [-0.3, -0.25) is 9.59 Å². The molecule has 0 saturated carbocycles. The summed E-state index contributed by atoms with van der Waals surface area (Å²) in [5.41, 5.74) is 0. The maximum absolute atomic E-state index is 11.7. The zero-order valence-corrected chi connectivity index (χ0v) is 11.9. The van der Waals surface area contributed by atoms with Crippen molar-refractivity contribution >= 4 is 17.8 Å². The molecule has 0 bridgehead atoms. The number of amides is 1. The molecule has 2 N–H and O–H groups in total. The number of rotatable bonds is 6. The van der Waals surface area contributed by atoms with Crippen LogP contribution in [0.15, 0.2) is 18.5 Å². The van der Waals surface area contributed by atoms with Gasteiger partial charge in [-0.2, -0.15) is 0 Å². The number of carboxylic acids is 1. The zero-order valence-electron chi connectivity index (χ0n) is 11.9. The second kappa shape index (κ2) is 7.56. The number of nitrogens with one attached hydrogen (secondary N) is 1. The summed E-state index contributed by atoms with van der Waals surface area (Å²) in [6.07, 6.45) is 5.84. The summed E-state index contributed by atoms with van der Waals surface area (Å²) < 4.78 is 0. The van der Waals surface area contributed by atoms with Crippen LogP contribution >= 0.6 is 0 Å². The molecular weight excluding hydrogens is 272 g/mol. The summed E-state index contributed by atoms with van der Waals surface area (Å²) in [6, 6.07) is 1.94. The van der Waals surface area contributed by atoms with Crippen LogP contribution in [0.5, 0.6) is 0 Å². The van der Waals surface area contributed by atoms with Gasteiger partial charge in [-0.05, 0) is 25.3 Å². The molecule has 114 valence electrons. The molecule has 1 aliphatic heterocycles. The third-order valence-electron chi connectivity index (χ3n) is 3.49. The number of aliphatic carboxylic acids is 1. The molecule has 1 aromatic heterocycles. The molecular formula is C14H20N4O3. The molecule has 1 amide bonds. The minimum absolute atomic E-state index is 0.0389. The SMILES string of the molecule is O=C(O)CCCC(=O)NC1CCN(c2ncccn2)CC1. The predicted molar refractivity (Wildman–Crippen MR) is 76.9 cm³/mol. The first-order valence-corrected chi connectivity index (χ1v) is 7.18. The third-order valence-corrected chi connectivity index (χ3v) is 3.49. The minimum atomic E-state index is -0.862. The first-order chi connectivity index (χ1) is 10.1. The van der Waals surface area contributed by atoms with E-state index in [-0.39, 0.29) is 24.8 Å². The molecule has 1 aromatic rings. The number of carboxylic acid groups (broad SMARTS) is 1. The summed E-state index contributed by atoms with van der Waals surface area (Å²) in [5, 5.41) is 11.5.